The Balaban J connectivity index is 1.63. The number of H-pyrrole nitrogens is 1. The van der Waals surface area contributed by atoms with Crippen LogP contribution in [0.25, 0.3) is 11.0 Å². The molecule has 128 valence electrons. The molecule has 0 atom stereocenters. The number of imidazole rings is 1. The summed E-state index contributed by atoms with van der Waals surface area (Å²) in [6, 6.07) is 7.25. The zero-order valence-corrected chi connectivity index (χ0v) is 12.8. The first kappa shape index (κ1) is 16.6. The van der Waals surface area contributed by atoms with Crippen molar-refractivity contribution in [3.8, 4) is 0 Å². The van der Waals surface area contributed by atoms with E-state index in [1.54, 1.807) is 6.07 Å². The van der Waals surface area contributed by atoms with Crippen LogP contribution in [0.1, 0.15) is 26.5 Å². The van der Waals surface area contributed by atoms with Gasteiger partial charge >= 0.3 is 5.97 Å². The Bertz CT molecular complexity index is 969. The van der Waals surface area contributed by atoms with E-state index in [2.05, 4.69) is 15.3 Å². The number of fused-ring (bicyclic) bond motifs is 1. The lowest BCUT2D eigenvalue weighted by atomic mass is 10.1. The number of nitrogens with zero attached hydrogens (tertiary/aromatic N) is 1. The molecular formula is C17H13F2N3O3. The topological polar surface area (TPSA) is 95.1 Å². The lowest BCUT2D eigenvalue weighted by Gasteiger charge is -2.06. The summed E-state index contributed by atoms with van der Waals surface area (Å²) in [4.78, 5) is 29.9. The van der Waals surface area contributed by atoms with Crippen LogP contribution in [0.4, 0.5) is 8.78 Å². The van der Waals surface area contributed by atoms with E-state index in [0.29, 0.717) is 23.3 Å². The summed E-state index contributed by atoms with van der Waals surface area (Å²) in [5, 5.41) is 11.3. The van der Waals surface area contributed by atoms with Crippen molar-refractivity contribution in [1.29, 1.82) is 0 Å². The lowest BCUT2D eigenvalue weighted by Crippen LogP contribution is -2.27. The predicted molar refractivity (Wildman–Crippen MR) is 85.4 cm³/mol. The van der Waals surface area contributed by atoms with Crippen LogP contribution in [0.5, 0.6) is 0 Å². The third-order valence-electron chi connectivity index (χ3n) is 3.60. The standard InChI is InChI=1S/C17H13F2N3O3/c18-10-2-4-13-14(8-10)22-15(21-13)5-6-20-16(23)11-3-1-9(17(24)25)7-12(11)19/h1-4,7-8H,5-6H2,(H,20,23)(H,21,22)(H,24,25). The first-order valence-electron chi connectivity index (χ1n) is 7.39. The van der Waals surface area contributed by atoms with Gasteiger partial charge in [0.25, 0.3) is 5.91 Å². The number of halogens is 2. The van der Waals surface area contributed by atoms with Crippen LogP contribution in [-0.4, -0.2) is 33.5 Å². The van der Waals surface area contributed by atoms with Crippen LogP contribution >= 0.6 is 0 Å². The van der Waals surface area contributed by atoms with Gasteiger partial charge in [-0.05, 0) is 36.4 Å². The van der Waals surface area contributed by atoms with E-state index in [1.165, 1.54) is 12.1 Å². The van der Waals surface area contributed by atoms with Gasteiger partial charge in [0.05, 0.1) is 22.2 Å². The molecule has 8 heteroatoms. The van der Waals surface area contributed by atoms with Crippen molar-refractivity contribution in [2.75, 3.05) is 6.54 Å². The van der Waals surface area contributed by atoms with E-state index >= 15 is 0 Å². The summed E-state index contributed by atoms with van der Waals surface area (Å²) in [6.07, 6.45) is 0.344. The number of hydrogen-bond acceptors (Lipinski definition) is 3. The summed E-state index contributed by atoms with van der Waals surface area (Å²) in [7, 11) is 0. The molecule has 0 radical (unpaired) electrons. The number of carbonyl (C=O) groups excluding carboxylic acids is 1. The Morgan fingerprint density at radius 2 is 1.96 bits per heavy atom. The molecular weight excluding hydrogens is 332 g/mol. The monoisotopic (exact) mass is 345 g/mol. The van der Waals surface area contributed by atoms with Gasteiger partial charge in [-0.1, -0.05) is 0 Å². The minimum absolute atomic E-state index is 0.182. The van der Waals surface area contributed by atoms with E-state index in [-0.39, 0.29) is 23.5 Å². The fourth-order valence-electron chi connectivity index (χ4n) is 2.38. The van der Waals surface area contributed by atoms with Crippen molar-refractivity contribution < 1.29 is 23.5 Å². The van der Waals surface area contributed by atoms with Crippen molar-refractivity contribution in [3.05, 3.63) is 65.0 Å². The van der Waals surface area contributed by atoms with Gasteiger partial charge in [-0.25, -0.2) is 18.6 Å². The number of rotatable bonds is 5. The second-order valence-corrected chi connectivity index (χ2v) is 5.35. The molecule has 1 aromatic heterocycles. The number of carbonyl (C=O) groups is 2. The van der Waals surface area contributed by atoms with Gasteiger partial charge in [-0.3, -0.25) is 4.79 Å². The molecule has 2 aromatic carbocycles. The largest absolute Gasteiger partial charge is 0.478 e. The van der Waals surface area contributed by atoms with Gasteiger partial charge in [0, 0.05) is 13.0 Å². The average Bonchev–Trinajstić information content (AvgIpc) is 2.96. The molecule has 3 N–H and O–H groups in total. The summed E-state index contributed by atoms with van der Waals surface area (Å²) in [5.74, 6) is -2.65. The molecule has 3 rings (SSSR count). The zero-order chi connectivity index (χ0) is 18.0. The van der Waals surface area contributed by atoms with Crippen LogP contribution in [0.3, 0.4) is 0 Å². The summed E-state index contributed by atoms with van der Waals surface area (Å²) >= 11 is 0. The number of benzene rings is 2. The maximum Gasteiger partial charge on any atom is 0.335 e. The minimum atomic E-state index is -1.27. The van der Waals surface area contributed by atoms with E-state index in [1.807, 2.05) is 0 Å². The van der Waals surface area contributed by atoms with Crippen molar-refractivity contribution in [2.24, 2.45) is 0 Å². The van der Waals surface area contributed by atoms with Crippen LogP contribution in [0.15, 0.2) is 36.4 Å². The van der Waals surface area contributed by atoms with Gasteiger partial charge in [-0.2, -0.15) is 0 Å². The van der Waals surface area contributed by atoms with Gasteiger partial charge in [-0.15, -0.1) is 0 Å². The number of aromatic nitrogens is 2. The smallest absolute Gasteiger partial charge is 0.335 e. The molecule has 0 saturated carbocycles. The van der Waals surface area contributed by atoms with Crippen molar-refractivity contribution in [2.45, 2.75) is 6.42 Å². The van der Waals surface area contributed by atoms with E-state index in [0.717, 1.165) is 18.2 Å². The molecule has 0 aliphatic rings. The molecule has 0 saturated heterocycles. The molecule has 0 aliphatic heterocycles. The third-order valence-corrected chi connectivity index (χ3v) is 3.60. The third kappa shape index (κ3) is 3.63. The van der Waals surface area contributed by atoms with Gasteiger partial charge < -0.3 is 15.4 Å². The molecule has 0 fully saturated rings. The maximum atomic E-state index is 13.8. The molecule has 0 aliphatic carbocycles. The van der Waals surface area contributed by atoms with E-state index < -0.39 is 17.7 Å². The average molecular weight is 345 g/mol. The maximum absolute atomic E-state index is 13.8. The van der Waals surface area contributed by atoms with Crippen LogP contribution in [0.2, 0.25) is 0 Å². The van der Waals surface area contributed by atoms with Crippen molar-refractivity contribution in [1.82, 2.24) is 15.3 Å². The molecule has 0 spiro atoms. The number of carboxylic acids is 1. The number of aromatic amines is 1. The lowest BCUT2D eigenvalue weighted by molar-refractivity contribution is 0.0695. The fourth-order valence-corrected chi connectivity index (χ4v) is 2.38. The van der Waals surface area contributed by atoms with Crippen LogP contribution < -0.4 is 5.32 Å². The SMILES string of the molecule is O=C(O)c1ccc(C(=O)NCCc2nc3ccc(F)cc3[nH]2)c(F)c1. The first-order valence-corrected chi connectivity index (χ1v) is 7.39. The highest BCUT2D eigenvalue weighted by molar-refractivity contribution is 5.96. The molecule has 1 amide bonds. The summed E-state index contributed by atoms with van der Waals surface area (Å²) in [6.45, 7) is 0.182. The first-order chi connectivity index (χ1) is 11.9. The minimum Gasteiger partial charge on any atom is -0.478 e. The Morgan fingerprint density at radius 3 is 2.68 bits per heavy atom. The summed E-state index contributed by atoms with van der Waals surface area (Å²) in [5.41, 5.74) is 0.690. The Hall–Kier alpha value is -3.29. The quantitative estimate of drug-likeness (QED) is 0.662. The highest BCUT2D eigenvalue weighted by Gasteiger charge is 2.14. The fraction of sp³-hybridized carbons (Fsp3) is 0.118. The second-order valence-electron chi connectivity index (χ2n) is 5.35. The highest BCUT2D eigenvalue weighted by Crippen LogP contribution is 2.13. The van der Waals surface area contributed by atoms with E-state index in [4.69, 9.17) is 5.11 Å². The van der Waals surface area contributed by atoms with Crippen molar-refractivity contribution >= 4 is 22.9 Å². The highest BCUT2D eigenvalue weighted by atomic mass is 19.1. The molecule has 1 heterocycles. The number of carboxylic acid groups (broad SMARTS) is 1. The van der Waals surface area contributed by atoms with E-state index in [9.17, 15) is 18.4 Å². The van der Waals surface area contributed by atoms with Crippen LogP contribution in [0, 0.1) is 11.6 Å². The van der Waals surface area contributed by atoms with Crippen LogP contribution in [-0.2, 0) is 6.42 Å². The number of amides is 1. The van der Waals surface area contributed by atoms with Gasteiger partial charge in [0.15, 0.2) is 0 Å². The normalized spacial score (nSPS) is 10.8. The molecule has 6 nitrogen and oxygen atoms in total. The Kier molecular flexibility index (Phi) is 4.42. The second kappa shape index (κ2) is 6.68. The summed E-state index contributed by atoms with van der Waals surface area (Å²) < 4.78 is 26.9. The van der Waals surface area contributed by atoms with Gasteiger partial charge in [0.2, 0.25) is 0 Å². The number of hydrogen-bond donors (Lipinski definition) is 3. The van der Waals surface area contributed by atoms with Crippen molar-refractivity contribution in [3.63, 3.8) is 0 Å². The molecule has 3 aromatic rings. The predicted octanol–water partition coefficient (Wildman–Crippen LogP) is 2.51. The van der Waals surface area contributed by atoms with Gasteiger partial charge in [0.1, 0.15) is 17.5 Å². The Labute approximate surface area is 140 Å². The molecule has 0 bridgehead atoms. The number of aromatic carboxylic acids is 1. The number of nitrogens with one attached hydrogen (secondary N) is 2. The Morgan fingerprint density at radius 1 is 1.16 bits per heavy atom. The molecule has 25 heavy (non-hydrogen) atoms. The molecule has 0 unspecified atom stereocenters. The zero-order valence-electron chi connectivity index (χ0n) is 12.8.